The van der Waals surface area contributed by atoms with Crippen molar-refractivity contribution in [3.05, 3.63) is 48.5 Å². The lowest BCUT2D eigenvalue weighted by molar-refractivity contribution is -0.153. The maximum Gasteiger partial charge on any atom is 0.422 e. The largest absolute Gasteiger partial charge is 0.484 e. The van der Waals surface area contributed by atoms with Gasteiger partial charge in [-0.3, -0.25) is 9.78 Å². The van der Waals surface area contributed by atoms with Crippen molar-refractivity contribution in [2.45, 2.75) is 6.18 Å². The number of hydrogen-bond donors (Lipinski definition) is 1. The van der Waals surface area contributed by atoms with E-state index in [-0.39, 0.29) is 11.4 Å². The number of alkyl halides is 3. The second kappa shape index (κ2) is 6.21. The van der Waals surface area contributed by atoms with Crippen molar-refractivity contribution in [3.8, 4) is 5.75 Å². The fourth-order valence-corrected chi connectivity index (χ4v) is 1.41. The molecule has 2 rings (SSSR count). The molecule has 1 N–H and O–H groups in total. The molecule has 0 bridgehead atoms. The summed E-state index contributed by atoms with van der Waals surface area (Å²) >= 11 is 0. The van der Waals surface area contributed by atoms with Gasteiger partial charge < -0.3 is 10.1 Å². The van der Waals surface area contributed by atoms with Crippen LogP contribution in [0.1, 0.15) is 10.5 Å². The highest BCUT2D eigenvalue weighted by molar-refractivity contribution is 6.02. The predicted octanol–water partition coefficient (Wildman–Crippen LogP) is 2.67. The molecule has 8 heteroatoms. The van der Waals surface area contributed by atoms with Crippen molar-refractivity contribution < 1.29 is 22.7 Å². The minimum absolute atomic E-state index is 0.0600. The topological polar surface area (TPSA) is 64.1 Å². The van der Waals surface area contributed by atoms with E-state index in [9.17, 15) is 18.0 Å². The van der Waals surface area contributed by atoms with E-state index in [1.54, 1.807) is 0 Å². The second-order valence-corrected chi connectivity index (χ2v) is 3.97. The first-order valence-corrected chi connectivity index (χ1v) is 5.81. The Morgan fingerprint density at radius 3 is 2.48 bits per heavy atom. The van der Waals surface area contributed by atoms with Crippen LogP contribution in [0, 0.1) is 0 Å². The molecule has 0 aliphatic carbocycles. The van der Waals surface area contributed by atoms with Gasteiger partial charge in [0, 0.05) is 18.1 Å². The third-order valence-electron chi connectivity index (χ3n) is 2.31. The molecule has 1 heterocycles. The Bertz CT molecular complexity index is 600. The molecule has 0 spiro atoms. The molecule has 0 aliphatic rings. The quantitative estimate of drug-likeness (QED) is 0.942. The molecule has 0 aliphatic heterocycles. The number of carbonyl (C=O) groups is 1. The van der Waals surface area contributed by atoms with Gasteiger partial charge in [0.15, 0.2) is 6.61 Å². The molecular weight excluding hydrogens is 287 g/mol. The van der Waals surface area contributed by atoms with Crippen LogP contribution in [0.15, 0.2) is 42.9 Å². The predicted molar refractivity (Wildman–Crippen MR) is 68.0 cm³/mol. The van der Waals surface area contributed by atoms with Crippen LogP contribution in [0.2, 0.25) is 0 Å². The number of nitrogens with zero attached hydrogens (tertiary/aromatic N) is 2. The lowest BCUT2D eigenvalue weighted by Crippen LogP contribution is -2.19. The minimum atomic E-state index is -4.39. The van der Waals surface area contributed by atoms with Gasteiger partial charge in [-0.2, -0.15) is 13.2 Å². The summed E-state index contributed by atoms with van der Waals surface area (Å²) in [5.74, 6) is -0.406. The molecule has 1 aromatic heterocycles. The lowest BCUT2D eigenvalue weighted by Gasteiger charge is -2.10. The van der Waals surface area contributed by atoms with E-state index in [2.05, 4.69) is 20.0 Å². The average molecular weight is 297 g/mol. The van der Waals surface area contributed by atoms with Crippen LogP contribution < -0.4 is 10.1 Å². The molecule has 110 valence electrons. The molecule has 0 radical (unpaired) electrons. The van der Waals surface area contributed by atoms with Crippen molar-refractivity contribution >= 4 is 11.6 Å². The Labute approximate surface area is 117 Å². The Balaban J connectivity index is 1.95. The van der Waals surface area contributed by atoms with Crippen LogP contribution in [0.5, 0.6) is 5.75 Å². The summed E-state index contributed by atoms with van der Waals surface area (Å²) in [6.45, 7) is -1.36. The molecule has 1 aromatic carbocycles. The van der Waals surface area contributed by atoms with Crippen LogP contribution in [-0.4, -0.2) is 28.7 Å². The zero-order chi connectivity index (χ0) is 15.3. The van der Waals surface area contributed by atoms with Crippen molar-refractivity contribution in [2.75, 3.05) is 11.9 Å². The first-order chi connectivity index (χ1) is 9.94. The van der Waals surface area contributed by atoms with Gasteiger partial charge in [0.2, 0.25) is 0 Å². The standard InChI is InChI=1S/C13H10F3N3O2/c14-13(15,16)8-21-10-3-1-9(2-4-10)19-12(20)11-7-17-5-6-18-11/h1-7H,8H2,(H,19,20). The summed E-state index contributed by atoms with van der Waals surface area (Å²) in [5, 5.41) is 2.54. The summed E-state index contributed by atoms with van der Waals surface area (Å²) in [6.07, 6.45) is -0.276. The minimum Gasteiger partial charge on any atom is -0.484 e. The van der Waals surface area contributed by atoms with Crippen molar-refractivity contribution in [3.63, 3.8) is 0 Å². The number of benzene rings is 1. The fraction of sp³-hybridized carbons (Fsp3) is 0.154. The van der Waals surface area contributed by atoms with Gasteiger partial charge in [-0.1, -0.05) is 0 Å². The fourth-order valence-electron chi connectivity index (χ4n) is 1.41. The number of anilines is 1. The maximum atomic E-state index is 12.0. The number of rotatable bonds is 4. The van der Waals surface area contributed by atoms with Crippen molar-refractivity contribution in [2.24, 2.45) is 0 Å². The van der Waals surface area contributed by atoms with Crippen LogP contribution >= 0.6 is 0 Å². The van der Waals surface area contributed by atoms with E-state index >= 15 is 0 Å². The number of hydrogen-bond acceptors (Lipinski definition) is 4. The zero-order valence-corrected chi connectivity index (χ0v) is 10.6. The molecular formula is C13H10F3N3O2. The third-order valence-corrected chi connectivity index (χ3v) is 2.31. The number of ether oxygens (including phenoxy) is 1. The molecule has 0 atom stereocenters. The molecule has 0 fully saturated rings. The van der Waals surface area contributed by atoms with Gasteiger partial charge >= 0.3 is 6.18 Å². The van der Waals surface area contributed by atoms with E-state index in [0.29, 0.717) is 5.69 Å². The normalized spacial score (nSPS) is 11.0. The number of amides is 1. The van der Waals surface area contributed by atoms with Gasteiger partial charge in [0.05, 0.1) is 6.20 Å². The van der Waals surface area contributed by atoms with E-state index in [1.807, 2.05) is 0 Å². The van der Waals surface area contributed by atoms with Crippen molar-refractivity contribution in [1.82, 2.24) is 9.97 Å². The van der Waals surface area contributed by atoms with Gasteiger partial charge in [0.25, 0.3) is 5.91 Å². The first-order valence-electron chi connectivity index (χ1n) is 5.81. The summed E-state index contributed by atoms with van der Waals surface area (Å²) < 4.78 is 40.5. The van der Waals surface area contributed by atoms with E-state index in [1.165, 1.54) is 42.9 Å². The highest BCUT2D eigenvalue weighted by atomic mass is 19.4. The van der Waals surface area contributed by atoms with Crippen LogP contribution in [0.25, 0.3) is 0 Å². The molecule has 0 saturated carbocycles. The number of aromatic nitrogens is 2. The van der Waals surface area contributed by atoms with Gasteiger partial charge in [-0.05, 0) is 24.3 Å². The van der Waals surface area contributed by atoms with Gasteiger partial charge in [-0.25, -0.2) is 4.98 Å². The van der Waals surface area contributed by atoms with Gasteiger partial charge in [-0.15, -0.1) is 0 Å². The molecule has 21 heavy (non-hydrogen) atoms. The maximum absolute atomic E-state index is 12.0. The molecule has 5 nitrogen and oxygen atoms in total. The summed E-state index contributed by atoms with van der Waals surface area (Å²) in [5.41, 5.74) is 0.542. The van der Waals surface area contributed by atoms with E-state index in [4.69, 9.17) is 0 Å². The number of halogens is 3. The molecule has 0 saturated heterocycles. The zero-order valence-electron chi connectivity index (χ0n) is 10.6. The Morgan fingerprint density at radius 1 is 1.19 bits per heavy atom. The van der Waals surface area contributed by atoms with E-state index < -0.39 is 18.7 Å². The SMILES string of the molecule is O=C(Nc1ccc(OCC(F)(F)F)cc1)c1cnccn1. The lowest BCUT2D eigenvalue weighted by atomic mass is 10.3. The van der Waals surface area contributed by atoms with Crippen molar-refractivity contribution in [1.29, 1.82) is 0 Å². The van der Waals surface area contributed by atoms with E-state index in [0.717, 1.165) is 0 Å². The van der Waals surface area contributed by atoms with Gasteiger partial charge in [0.1, 0.15) is 11.4 Å². The van der Waals surface area contributed by atoms with Crippen LogP contribution in [-0.2, 0) is 0 Å². The van der Waals surface area contributed by atoms with Crippen LogP contribution in [0.3, 0.4) is 0 Å². The number of nitrogens with one attached hydrogen (secondary N) is 1. The smallest absolute Gasteiger partial charge is 0.422 e. The average Bonchev–Trinajstić information content (AvgIpc) is 2.46. The second-order valence-electron chi connectivity index (χ2n) is 3.97. The first kappa shape index (κ1) is 14.8. The summed E-state index contributed by atoms with van der Waals surface area (Å²) in [7, 11) is 0. The Morgan fingerprint density at radius 2 is 1.90 bits per heavy atom. The Hall–Kier alpha value is -2.64. The Kier molecular flexibility index (Phi) is 4.36. The highest BCUT2D eigenvalue weighted by Gasteiger charge is 2.28. The summed E-state index contributed by atoms with van der Waals surface area (Å²) in [6, 6.07) is 5.52. The van der Waals surface area contributed by atoms with Crippen LogP contribution in [0.4, 0.5) is 18.9 Å². The highest BCUT2D eigenvalue weighted by Crippen LogP contribution is 2.20. The molecule has 2 aromatic rings. The molecule has 0 unspecified atom stereocenters. The third kappa shape index (κ3) is 4.75. The number of carbonyl (C=O) groups excluding carboxylic acids is 1. The monoisotopic (exact) mass is 297 g/mol. The molecule has 1 amide bonds. The summed E-state index contributed by atoms with van der Waals surface area (Å²) in [4.78, 5) is 19.3.